The third-order valence-electron chi connectivity index (χ3n) is 3.54. The van der Waals surface area contributed by atoms with Crippen LogP contribution in [0.4, 0.5) is 0 Å². The summed E-state index contributed by atoms with van der Waals surface area (Å²) in [5.41, 5.74) is 0.490. The van der Waals surface area contributed by atoms with E-state index in [-0.39, 0.29) is 11.2 Å². The van der Waals surface area contributed by atoms with Crippen LogP contribution in [0.2, 0.25) is 0 Å². The molecule has 0 saturated carbocycles. The maximum Gasteiger partial charge on any atom is 0.169 e. The fraction of sp³-hybridized carbons (Fsp3) is 0.588. The van der Waals surface area contributed by atoms with Crippen molar-refractivity contribution in [3.8, 4) is 0 Å². The number of ketones is 1. The molecule has 0 aromatic heterocycles. The summed E-state index contributed by atoms with van der Waals surface area (Å²) in [4.78, 5) is 14.9. The molecule has 0 aliphatic rings. The van der Waals surface area contributed by atoms with Crippen molar-refractivity contribution in [2.24, 2.45) is 5.41 Å². The molecule has 1 aromatic rings. The second-order valence-corrected chi connectivity index (χ2v) is 5.80. The highest BCUT2D eigenvalue weighted by atomic mass is 16.1. The first-order chi connectivity index (χ1) is 9.01. The number of unbranched alkanes of at least 4 members (excludes halogenated alkanes) is 1. The Morgan fingerprint density at radius 3 is 2.32 bits per heavy atom. The Bertz CT molecular complexity index is 384. The van der Waals surface area contributed by atoms with E-state index in [1.54, 1.807) is 0 Å². The van der Waals surface area contributed by atoms with Crippen LogP contribution in [0.3, 0.4) is 0 Å². The lowest BCUT2D eigenvalue weighted by atomic mass is 9.83. The second-order valence-electron chi connectivity index (χ2n) is 5.80. The van der Waals surface area contributed by atoms with E-state index in [1.807, 2.05) is 30.3 Å². The molecular formula is C17H27NO. The third kappa shape index (κ3) is 4.79. The zero-order valence-electron chi connectivity index (χ0n) is 12.8. The number of hydrogen-bond donors (Lipinski definition) is 0. The molecule has 0 fully saturated rings. The van der Waals surface area contributed by atoms with Crippen LogP contribution in [0.1, 0.15) is 50.9 Å². The molecule has 0 unspecified atom stereocenters. The molecule has 2 nitrogen and oxygen atoms in total. The van der Waals surface area contributed by atoms with Gasteiger partial charge in [-0.3, -0.25) is 4.79 Å². The Kier molecular flexibility index (Phi) is 6.23. The van der Waals surface area contributed by atoms with Crippen molar-refractivity contribution < 1.29 is 4.79 Å². The number of Topliss-reactive ketones (excluding diaryl/α,β-unsaturated/α-hetero) is 1. The summed E-state index contributed by atoms with van der Waals surface area (Å²) in [5, 5.41) is 0. The lowest BCUT2D eigenvalue weighted by Crippen LogP contribution is -2.39. The molecule has 1 rings (SSSR count). The average molecular weight is 261 g/mol. The van der Waals surface area contributed by atoms with Gasteiger partial charge in [-0.25, -0.2) is 0 Å². The maximum absolute atomic E-state index is 12.6. The van der Waals surface area contributed by atoms with Gasteiger partial charge in [0.1, 0.15) is 0 Å². The van der Waals surface area contributed by atoms with Gasteiger partial charge in [0, 0.05) is 17.5 Å². The van der Waals surface area contributed by atoms with Crippen LogP contribution in [-0.4, -0.2) is 30.3 Å². The topological polar surface area (TPSA) is 20.3 Å². The summed E-state index contributed by atoms with van der Waals surface area (Å²) < 4.78 is 0. The predicted molar refractivity (Wildman–Crippen MR) is 81.6 cm³/mol. The standard InChI is InChI=1S/C17H27NO/c1-5-7-13-18(6-2)14-17(3,4)16(19)15-11-9-8-10-12-15/h8-12H,5-7,13-14H2,1-4H3. The Balaban J connectivity index is 2.71. The van der Waals surface area contributed by atoms with Gasteiger partial charge in [0.05, 0.1) is 0 Å². The zero-order valence-corrected chi connectivity index (χ0v) is 12.8. The summed E-state index contributed by atoms with van der Waals surface area (Å²) in [6.07, 6.45) is 2.40. The second kappa shape index (κ2) is 7.44. The normalized spacial score (nSPS) is 11.8. The van der Waals surface area contributed by atoms with Gasteiger partial charge in [0.15, 0.2) is 5.78 Å². The molecule has 19 heavy (non-hydrogen) atoms. The Labute approximate surface area is 117 Å². The van der Waals surface area contributed by atoms with E-state index in [9.17, 15) is 4.79 Å². The van der Waals surface area contributed by atoms with Gasteiger partial charge in [-0.05, 0) is 19.5 Å². The highest BCUT2D eigenvalue weighted by molar-refractivity contribution is 6.00. The average Bonchev–Trinajstić information content (AvgIpc) is 2.43. The molecule has 0 atom stereocenters. The minimum absolute atomic E-state index is 0.239. The molecule has 0 amide bonds. The fourth-order valence-electron chi connectivity index (χ4n) is 2.34. The number of rotatable bonds is 8. The van der Waals surface area contributed by atoms with Crippen molar-refractivity contribution in [3.63, 3.8) is 0 Å². The first-order valence-electron chi connectivity index (χ1n) is 7.33. The van der Waals surface area contributed by atoms with E-state index < -0.39 is 0 Å². The van der Waals surface area contributed by atoms with Crippen molar-refractivity contribution >= 4 is 5.78 Å². The van der Waals surface area contributed by atoms with Crippen LogP contribution in [0.25, 0.3) is 0 Å². The number of carbonyl (C=O) groups excluding carboxylic acids is 1. The van der Waals surface area contributed by atoms with E-state index in [2.05, 4.69) is 32.6 Å². The van der Waals surface area contributed by atoms with Crippen molar-refractivity contribution in [1.82, 2.24) is 4.90 Å². The molecule has 106 valence electrons. The first kappa shape index (κ1) is 15.9. The minimum Gasteiger partial charge on any atom is -0.303 e. The van der Waals surface area contributed by atoms with Crippen LogP contribution in [0.15, 0.2) is 30.3 Å². The Hall–Kier alpha value is -1.15. The lowest BCUT2D eigenvalue weighted by Gasteiger charge is -2.31. The van der Waals surface area contributed by atoms with Crippen LogP contribution < -0.4 is 0 Å². The molecule has 0 radical (unpaired) electrons. The number of carbonyl (C=O) groups is 1. The summed E-state index contributed by atoms with van der Waals surface area (Å²) in [5.74, 6) is 0.239. The highest BCUT2D eigenvalue weighted by Crippen LogP contribution is 2.23. The van der Waals surface area contributed by atoms with Crippen molar-refractivity contribution in [1.29, 1.82) is 0 Å². The summed E-state index contributed by atoms with van der Waals surface area (Å²) in [7, 11) is 0. The zero-order chi connectivity index (χ0) is 14.3. The van der Waals surface area contributed by atoms with Crippen LogP contribution in [0, 0.1) is 5.41 Å². The number of benzene rings is 1. The van der Waals surface area contributed by atoms with E-state index in [1.165, 1.54) is 12.8 Å². The first-order valence-corrected chi connectivity index (χ1v) is 7.33. The molecule has 0 aliphatic carbocycles. The molecule has 2 heteroatoms. The van der Waals surface area contributed by atoms with Gasteiger partial charge in [-0.1, -0.05) is 64.4 Å². The molecule has 0 bridgehead atoms. The molecule has 0 N–H and O–H groups in total. The van der Waals surface area contributed by atoms with Crippen molar-refractivity contribution in [3.05, 3.63) is 35.9 Å². The SMILES string of the molecule is CCCCN(CC)CC(C)(C)C(=O)c1ccccc1. The monoisotopic (exact) mass is 261 g/mol. The summed E-state index contributed by atoms with van der Waals surface area (Å²) >= 11 is 0. The summed E-state index contributed by atoms with van der Waals surface area (Å²) in [6, 6.07) is 9.62. The van der Waals surface area contributed by atoms with E-state index in [0.717, 1.165) is 25.2 Å². The van der Waals surface area contributed by atoms with Crippen LogP contribution in [-0.2, 0) is 0 Å². The molecule has 0 saturated heterocycles. The Morgan fingerprint density at radius 1 is 1.16 bits per heavy atom. The van der Waals surface area contributed by atoms with Gasteiger partial charge < -0.3 is 4.90 Å². The van der Waals surface area contributed by atoms with E-state index in [0.29, 0.717) is 0 Å². The van der Waals surface area contributed by atoms with Crippen molar-refractivity contribution in [2.45, 2.75) is 40.5 Å². The third-order valence-corrected chi connectivity index (χ3v) is 3.54. The number of nitrogens with zero attached hydrogens (tertiary/aromatic N) is 1. The van der Waals surface area contributed by atoms with Gasteiger partial charge in [0.2, 0.25) is 0 Å². The van der Waals surface area contributed by atoms with Crippen molar-refractivity contribution in [2.75, 3.05) is 19.6 Å². The lowest BCUT2D eigenvalue weighted by molar-refractivity contribution is 0.0767. The number of hydrogen-bond acceptors (Lipinski definition) is 2. The summed E-state index contributed by atoms with van der Waals surface area (Å²) in [6.45, 7) is 11.4. The van der Waals surface area contributed by atoms with Gasteiger partial charge in [-0.15, -0.1) is 0 Å². The molecule has 0 heterocycles. The van der Waals surface area contributed by atoms with Gasteiger partial charge in [0.25, 0.3) is 0 Å². The minimum atomic E-state index is -0.328. The molecule has 0 spiro atoms. The molecule has 0 aliphatic heterocycles. The quantitative estimate of drug-likeness (QED) is 0.659. The highest BCUT2D eigenvalue weighted by Gasteiger charge is 2.30. The molecule has 1 aromatic carbocycles. The Morgan fingerprint density at radius 2 is 1.79 bits per heavy atom. The maximum atomic E-state index is 12.6. The van der Waals surface area contributed by atoms with Gasteiger partial charge >= 0.3 is 0 Å². The largest absolute Gasteiger partial charge is 0.303 e. The van der Waals surface area contributed by atoms with Gasteiger partial charge in [-0.2, -0.15) is 0 Å². The fourth-order valence-corrected chi connectivity index (χ4v) is 2.34. The smallest absolute Gasteiger partial charge is 0.169 e. The van der Waals surface area contributed by atoms with Crippen LogP contribution >= 0.6 is 0 Å². The van der Waals surface area contributed by atoms with Crippen LogP contribution in [0.5, 0.6) is 0 Å². The van der Waals surface area contributed by atoms with E-state index >= 15 is 0 Å². The molecular weight excluding hydrogens is 234 g/mol. The predicted octanol–water partition coefficient (Wildman–Crippen LogP) is 4.02. The van der Waals surface area contributed by atoms with E-state index in [4.69, 9.17) is 0 Å².